The second-order valence-electron chi connectivity index (χ2n) is 6.62. The molecule has 5 nitrogen and oxygen atoms in total. The molecular weight excluding hydrogens is 385 g/mol. The van der Waals surface area contributed by atoms with Gasteiger partial charge >= 0.3 is 18.2 Å². The van der Waals surface area contributed by atoms with Crippen molar-refractivity contribution in [1.29, 1.82) is 0 Å². The highest BCUT2D eigenvalue weighted by molar-refractivity contribution is 5.95. The molecule has 2 amide bonds. The second-order valence-corrected chi connectivity index (χ2v) is 6.62. The monoisotopic (exact) mass is 404 g/mol. The molecule has 0 aliphatic carbocycles. The van der Waals surface area contributed by atoms with E-state index in [1.54, 1.807) is 19.1 Å². The van der Waals surface area contributed by atoms with Gasteiger partial charge in [-0.2, -0.15) is 13.2 Å². The van der Waals surface area contributed by atoms with Crippen molar-refractivity contribution >= 4 is 12.0 Å². The van der Waals surface area contributed by atoms with Gasteiger partial charge in [0.15, 0.2) is 0 Å². The summed E-state index contributed by atoms with van der Waals surface area (Å²) in [6, 6.07) is 12.0. The number of rotatable bonds is 4. The van der Waals surface area contributed by atoms with Crippen LogP contribution < -0.4 is 5.32 Å². The molecule has 1 heterocycles. The number of esters is 1. The van der Waals surface area contributed by atoms with Crippen molar-refractivity contribution < 1.29 is 27.5 Å². The maximum atomic E-state index is 12.8. The maximum Gasteiger partial charge on any atom is 0.416 e. The van der Waals surface area contributed by atoms with E-state index in [-0.39, 0.29) is 12.2 Å². The van der Waals surface area contributed by atoms with Crippen LogP contribution in [0.5, 0.6) is 0 Å². The summed E-state index contributed by atoms with van der Waals surface area (Å²) in [6.07, 6.45) is -4.47. The molecule has 1 N–H and O–H groups in total. The molecule has 0 saturated carbocycles. The SMILES string of the molecule is CC1=C(C(=O)OCc2ccccc2)[C@@H](c2ccc(C(F)(F)F)cc2)NC(=O)N1C. The normalized spacial score (nSPS) is 17.2. The Hall–Kier alpha value is -3.29. The van der Waals surface area contributed by atoms with Gasteiger partial charge in [-0.05, 0) is 30.2 Å². The van der Waals surface area contributed by atoms with Crippen molar-refractivity contribution in [3.8, 4) is 0 Å². The molecule has 0 saturated heterocycles. The summed E-state index contributed by atoms with van der Waals surface area (Å²) in [5.41, 5.74) is 0.873. The van der Waals surface area contributed by atoms with Gasteiger partial charge in [0.2, 0.25) is 0 Å². The molecule has 0 bridgehead atoms. The molecule has 3 rings (SSSR count). The van der Waals surface area contributed by atoms with Gasteiger partial charge in [-0.25, -0.2) is 9.59 Å². The van der Waals surface area contributed by atoms with Crippen molar-refractivity contribution in [2.45, 2.75) is 25.7 Å². The highest BCUT2D eigenvalue weighted by Gasteiger charge is 2.36. The van der Waals surface area contributed by atoms with Crippen LogP contribution in [-0.2, 0) is 22.3 Å². The minimum absolute atomic E-state index is 0.0356. The fourth-order valence-electron chi connectivity index (χ4n) is 3.02. The first-order valence-corrected chi connectivity index (χ1v) is 8.81. The molecule has 0 unspecified atom stereocenters. The highest BCUT2D eigenvalue weighted by atomic mass is 19.4. The standard InChI is InChI=1S/C21H19F3N2O3/c1-13-17(19(27)29-12-14-6-4-3-5-7-14)18(25-20(28)26(13)2)15-8-10-16(11-9-15)21(22,23)24/h3-11,18H,12H2,1-2H3,(H,25,28)/t18-/m1/s1. The summed E-state index contributed by atoms with van der Waals surface area (Å²) in [5.74, 6) is -0.650. The van der Waals surface area contributed by atoms with Crippen LogP contribution in [0.25, 0.3) is 0 Å². The topological polar surface area (TPSA) is 58.6 Å². The third-order valence-corrected chi connectivity index (χ3v) is 4.76. The Labute approximate surface area is 165 Å². The van der Waals surface area contributed by atoms with Crippen molar-refractivity contribution in [3.05, 3.63) is 82.6 Å². The van der Waals surface area contributed by atoms with Crippen LogP contribution in [0.2, 0.25) is 0 Å². The van der Waals surface area contributed by atoms with Gasteiger partial charge in [0, 0.05) is 12.7 Å². The number of allylic oxidation sites excluding steroid dienone is 1. The van der Waals surface area contributed by atoms with E-state index in [1.807, 2.05) is 18.2 Å². The molecular formula is C21H19F3N2O3. The van der Waals surface area contributed by atoms with E-state index in [9.17, 15) is 22.8 Å². The number of amides is 2. The van der Waals surface area contributed by atoms with Gasteiger partial charge in [-0.1, -0.05) is 42.5 Å². The quantitative estimate of drug-likeness (QED) is 0.768. The summed E-state index contributed by atoms with van der Waals surface area (Å²) in [5, 5.41) is 2.65. The van der Waals surface area contributed by atoms with Gasteiger partial charge in [0.1, 0.15) is 6.61 Å². The van der Waals surface area contributed by atoms with Crippen molar-refractivity contribution in [1.82, 2.24) is 10.2 Å². The summed E-state index contributed by atoms with van der Waals surface area (Å²) < 4.78 is 43.9. The number of halogens is 3. The number of nitrogens with one attached hydrogen (secondary N) is 1. The number of benzene rings is 2. The van der Waals surface area contributed by atoms with Gasteiger partial charge < -0.3 is 15.0 Å². The minimum atomic E-state index is -4.47. The van der Waals surface area contributed by atoms with Crippen LogP contribution in [0.3, 0.4) is 0 Å². The molecule has 1 aliphatic heterocycles. The van der Waals surface area contributed by atoms with Gasteiger partial charge in [0.05, 0.1) is 17.2 Å². The molecule has 8 heteroatoms. The van der Waals surface area contributed by atoms with Crippen LogP contribution in [0.1, 0.15) is 29.7 Å². The lowest BCUT2D eigenvalue weighted by Gasteiger charge is -2.33. The van der Waals surface area contributed by atoms with Crippen LogP contribution in [-0.4, -0.2) is 23.9 Å². The molecule has 0 radical (unpaired) electrons. The molecule has 0 fully saturated rings. The number of carbonyl (C=O) groups is 2. The Bertz CT molecular complexity index is 938. The number of urea groups is 1. The smallest absolute Gasteiger partial charge is 0.416 e. The van der Waals surface area contributed by atoms with E-state index in [2.05, 4.69) is 5.32 Å². The first-order valence-electron chi connectivity index (χ1n) is 8.81. The fraction of sp³-hybridized carbons (Fsp3) is 0.238. The summed E-state index contributed by atoms with van der Waals surface area (Å²) in [7, 11) is 1.50. The molecule has 152 valence electrons. The van der Waals surface area contributed by atoms with Crippen molar-refractivity contribution in [3.63, 3.8) is 0 Å². The summed E-state index contributed by atoms with van der Waals surface area (Å²) in [4.78, 5) is 26.3. The van der Waals surface area contributed by atoms with Crippen LogP contribution >= 0.6 is 0 Å². The third-order valence-electron chi connectivity index (χ3n) is 4.76. The Balaban J connectivity index is 1.90. The Morgan fingerprint density at radius 2 is 1.72 bits per heavy atom. The third kappa shape index (κ3) is 4.42. The highest BCUT2D eigenvalue weighted by Crippen LogP contribution is 2.34. The Morgan fingerprint density at radius 3 is 2.31 bits per heavy atom. The van der Waals surface area contributed by atoms with E-state index < -0.39 is 29.8 Å². The average molecular weight is 404 g/mol. The summed E-state index contributed by atoms with van der Waals surface area (Å²) >= 11 is 0. The van der Waals surface area contributed by atoms with Gasteiger partial charge in [-0.3, -0.25) is 0 Å². The summed E-state index contributed by atoms with van der Waals surface area (Å²) in [6.45, 7) is 1.63. The molecule has 1 atom stereocenters. The van der Waals surface area contributed by atoms with E-state index in [1.165, 1.54) is 24.1 Å². The fourth-order valence-corrected chi connectivity index (χ4v) is 3.02. The number of hydrogen-bond acceptors (Lipinski definition) is 3. The van der Waals surface area contributed by atoms with E-state index in [0.717, 1.165) is 17.7 Å². The number of hydrogen-bond donors (Lipinski definition) is 1. The number of carbonyl (C=O) groups excluding carboxylic acids is 2. The average Bonchev–Trinajstić information content (AvgIpc) is 2.70. The number of ether oxygens (including phenoxy) is 1. The molecule has 29 heavy (non-hydrogen) atoms. The predicted molar refractivity (Wildman–Crippen MR) is 99.4 cm³/mol. The van der Waals surface area contributed by atoms with E-state index in [4.69, 9.17) is 4.74 Å². The molecule has 2 aromatic rings. The zero-order chi connectivity index (χ0) is 21.2. The molecule has 0 aromatic heterocycles. The van der Waals surface area contributed by atoms with E-state index >= 15 is 0 Å². The maximum absolute atomic E-state index is 12.8. The van der Waals surface area contributed by atoms with Gasteiger partial charge in [0.25, 0.3) is 0 Å². The second kappa shape index (κ2) is 7.98. The first-order chi connectivity index (χ1) is 13.7. The molecule has 1 aliphatic rings. The lowest BCUT2D eigenvalue weighted by molar-refractivity contribution is -0.141. The van der Waals surface area contributed by atoms with Crippen LogP contribution in [0.4, 0.5) is 18.0 Å². The Morgan fingerprint density at radius 1 is 1.10 bits per heavy atom. The van der Waals surface area contributed by atoms with Crippen molar-refractivity contribution in [2.75, 3.05) is 7.05 Å². The van der Waals surface area contributed by atoms with Crippen molar-refractivity contribution in [2.24, 2.45) is 0 Å². The zero-order valence-electron chi connectivity index (χ0n) is 15.8. The molecule has 2 aromatic carbocycles. The van der Waals surface area contributed by atoms with Crippen LogP contribution in [0.15, 0.2) is 65.9 Å². The minimum Gasteiger partial charge on any atom is -0.457 e. The lowest BCUT2D eigenvalue weighted by atomic mass is 9.94. The number of alkyl halides is 3. The number of nitrogens with zero attached hydrogens (tertiary/aromatic N) is 1. The lowest BCUT2D eigenvalue weighted by Crippen LogP contribution is -2.46. The molecule has 0 spiro atoms. The first kappa shape index (κ1) is 20.4. The predicted octanol–water partition coefficient (Wildman–Crippen LogP) is 4.42. The largest absolute Gasteiger partial charge is 0.457 e. The van der Waals surface area contributed by atoms with Crippen LogP contribution in [0, 0.1) is 0 Å². The van der Waals surface area contributed by atoms with Gasteiger partial charge in [-0.15, -0.1) is 0 Å². The Kier molecular flexibility index (Phi) is 5.63. The van der Waals surface area contributed by atoms with E-state index in [0.29, 0.717) is 11.3 Å². The zero-order valence-corrected chi connectivity index (χ0v) is 15.8.